The molecule has 4 heteroatoms. The number of nitrogens with one attached hydrogen (secondary N) is 2. The van der Waals surface area contributed by atoms with Crippen LogP contribution in [0.1, 0.15) is 34.6 Å². The molecule has 2 rings (SSSR count). The van der Waals surface area contributed by atoms with Crippen LogP contribution >= 0.6 is 0 Å². The molecular weight excluding hydrogens is 276 g/mol. The molecule has 2 N–H and O–H groups in total. The highest BCUT2D eigenvalue weighted by atomic mass is 16.6. The molecule has 22 heavy (non-hydrogen) atoms. The highest BCUT2D eigenvalue weighted by Crippen LogP contribution is 2.33. The first kappa shape index (κ1) is 16.8. The molecule has 2 atom stereocenters. The summed E-state index contributed by atoms with van der Waals surface area (Å²) in [5, 5.41) is 6.88. The summed E-state index contributed by atoms with van der Waals surface area (Å²) in [4.78, 5) is 12.6. The van der Waals surface area contributed by atoms with Crippen molar-refractivity contribution in [1.82, 2.24) is 5.32 Å². The van der Waals surface area contributed by atoms with Crippen LogP contribution in [0.3, 0.4) is 0 Å². The summed E-state index contributed by atoms with van der Waals surface area (Å²) >= 11 is 0. The van der Waals surface area contributed by atoms with Gasteiger partial charge in [0.1, 0.15) is 5.60 Å². The number of hydrogen-bond donors (Lipinski definition) is 2. The van der Waals surface area contributed by atoms with Gasteiger partial charge in [-0.05, 0) is 46.8 Å². The molecule has 1 aliphatic heterocycles. The lowest BCUT2D eigenvalue weighted by molar-refractivity contribution is -0.163. The van der Waals surface area contributed by atoms with Gasteiger partial charge in [0.05, 0.1) is 5.92 Å². The molecule has 1 heterocycles. The van der Waals surface area contributed by atoms with Crippen LogP contribution in [0.2, 0.25) is 0 Å². The minimum absolute atomic E-state index is 0.109. The van der Waals surface area contributed by atoms with Gasteiger partial charge >= 0.3 is 5.97 Å². The molecule has 122 valence electrons. The first-order valence-electron chi connectivity index (χ1n) is 7.96. The van der Waals surface area contributed by atoms with E-state index >= 15 is 0 Å². The van der Waals surface area contributed by atoms with Crippen molar-refractivity contribution < 1.29 is 9.53 Å². The van der Waals surface area contributed by atoms with Crippen molar-refractivity contribution in [3.05, 3.63) is 30.3 Å². The van der Waals surface area contributed by atoms with Gasteiger partial charge < -0.3 is 15.4 Å². The average molecular weight is 304 g/mol. The number of carbonyl (C=O) groups excluding carboxylic acids is 1. The molecular formula is C18H28N2O2. The van der Waals surface area contributed by atoms with Gasteiger partial charge in [-0.15, -0.1) is 0 Å². The molecule has 0 spiro atoms. The molecule has 1 saturated heterocycles. The zero-order chi connectivity index (χ0) is 16.4. The van der Waals surface area contributed by atoms with Crippen LogP contribution in [-0.2, 0) is 9.53 Å². The van der Waals surface area contributed by atoms with Crippen LogP contribution in [0.25, 0.3) is 0 Å². The third-order valence-corrected chi connectivity index (χ3v) is 4.07. The van der Waals surface area contributed by atoms with Gasteiger partial charge in [0.25, 0.3) is 0 Å². The molecule has 1 aromatic rings. The minimum Gasteiger partial charge on any atom is -0.460 e. The van der Waals surface area contributed by atoms with Crippen molar-refractivity contribution in [3.63, 3.8) is 0 Å². The number of hydrogen-bond acceptors (Lipinski definition) is 4. The maximum absolute atomic E-state index is 12.6. The van der Waals surface area contributed by atoms with Crippen LogP contribution < -0.4 is 10.6 Å². The van der Waals surface area contributed by atoms with Crippen molar-refractivity contribution in [1.29, 1.82) is 0 Å². The quantitative estimate of drug-likeness (QED) is 0.840. The standard InChI is InChI=1S/C18H28N2O2/c1-17(2,3)22-16(21)15-13(12-20-18(15,4)5)11-19-14-9-7-6-8-10-14/h6-10,13,15,19-20H,11-12H2,1-5H3/t13?,15-/m0/s1. The summed E-state index contributed by atoms with van der Waals surface area (Å²) in [5.41, 5.74) is 0.383. The molecule has 0 aliphatic carbocycles. The van der Waals surface area contributed by atoms with Crippen molar-refractivity contribution >= 4 is 11.7 Å². The molecule has 0 aromatic heterocycles. The summed E-state index contributed by atoms with van der Waals surface area (Å²) < 4.78 is 5.63. The molecule has 1 aromatic carbocycles. The summed E-state index contributed by atoms with van der Waals surface area (Å²) in [6.45, 7) is 11.5. The van der Waals surface area contributed by atoms with Gasteiger partial charge in [-0.1, -0.05) is 18.2 Å². The van der Waals surface area contributed by atoms with E-state index in [0.29, 0.717) is 0 Å². The normalized spacial score (nSPS) is 24.0. The highest BCUT2D eigenvalue weighted by Gasteiger charge is 2.47. The van der Waals surface area contributed by atoms with E-state index in [2.05, 4.69) is 24.5 Å². The van der Waals surface area contributed by atoms with E-state index in [1.807, 2.05) is 51.1 Å². The van der Waals surface area contributed by atoms with E-state index in [4.69, 9.17) is 4.74 Å². The predicted molar refractivity (Wildman–Crippen MR) is 89.8 cm³/mol. The third kappa shape index (κ3) is 4.23. The van der Waals surface area contributed by atoms with Crippen LogP contribution in [0.15, 0.2) is 30.3 Å². The van der Waals surface area contributed by atoms with Crippen LogP contribution in [0, 0.1) is 11.8 Å². The number of esters is 1. The van der Waals surface area contributed by atoms with Crippen LogP contribution in [0.5, 0.6) is 0 Å². The number of carbonyl (C=O) groups is 1. The smallest absolute Gasteiger partial charge is 0.311 e. The molecule has 0 bridgehead atoms. The van der Waals surface area contributed by atoms with E-state index in [1.54, 1.807) is 0 Å². The topological polar surface area (TPSA) is 50.4 Å². The summed E-state index contributed by atoms with van der Waals surface area (Å²) in [6.07, 6.45) is 0. The Labute approximate surface area is 133 Å². The van der Waals surface area contributed by atoms with Gasteiger partial charge in [0.2, 0.25) is 0 Å². The lowest BCUT2D eigenvalue weighted by Crippen LogP contribution is -2.45. The lowest BCUT2D eigenvalue weighted by Gasteiger charge is -2.31. The number of rotatable bonds is 4. The van der Waals surface area contributed by atoms with E-state index < -0.39 is 5.60 Å². The monoisotopic (exact) mass is 304 g/mol. The van der Waals surface area contributed by atoms with Crippen molar-refractivity contribution in [2.75, 3.05) is 18.4 Å². The second kappa shape index (κ2) is 6.29. The Hall–Kier alpha value is -1.55. The van der Waals surface area contributed by atoms with Crippen molar-refractivity contribution in [3.8, 4) is 0 Å². The molecule has 1 fully saturated rings. The number of anilines is 1. The maximum atomic E-state index is 12.6. The number of benzene rings is 1. The third-order valence-electron chi connectivity index (χ3n) is 4.07. The van der Waals surface area contributed by atoms with Crippen molar-refractivity contribution in [2.24, 2.45) is 11.8 Å². The lowest BCUT2D eigenvalue weighted by atomic mass is 9.82. The van der Waals surface area contributed by atoms with Crippen LogP contribution in [0.4, 0.5) is 5.69 Å². The predicted octanol–water partition coefficient (Wildman–Crippen LogP) is 3.05. The Kier molecular flexibility index (Phi) is 4.81. The molecule has 1 aliphatic rings. The maximum Gasteiger partial charge on any atom is 0.311 e. The van der Waals surface area contributed by atoms with Crippen LogP contribution in [-0.4, -0.2) is 30.2 Å². The second-order valence-corrected chi connectivity index (χ2v) is 7.62. The SMILES string of the molecule is CC(C)(C)OC(=O)[C@@H]1C(CNc2ccccc2)CNC1(C)C. The Morgan fingerprint density at radius 3 is 2.55 bits per heavy atom. The summed E-state index contributed by atoms with van der Waals surface area (Å²) in [5.74, 6) is -0.0460. The van der Waals surface area contributed by atoms with E-state index in [-0.39, 0.29) is 23.3 Å². The fourth-order valence-corrected chi connectivity index (χ4v) is 3.06. The average Bonchev–Trinajstić information content (AvgIpc) is 2.71. The Morgan fingerprint density at radius 2 is 1.95 bits per heavy atom. The highest BCUT2D eigenvalue weighted by molar-refractivity contribution is 5.75. The van der Waals surface area contributed by atoms with E-state index in [1.165, 1.54) is 0 Å². The van der Waals surface area contributed by atoms with E-state index in [0.717, 1.165) is 18.8 Å². The Bertz CT molecular complexity index is 506. The minimum atomic E-state index is -0.451. The number of para-hydroxylation sites is 1. The van der Waals surface area contributed by atoms with Gasteiger partial charge in [-0.2, -0.15) is 0 Å². The first-order chi connectivity index (χ1) is 10.2. The second-order valence-electron chi connectivity index (χ2n) is 7.62. The summed E-state index contributed by atoms with van der Waals surface area (Å²) in [6, 6.07) is 10.1. The fourth-order valence-electron chi connectivity index (χ4n) is 3.06. The van der Waals surface area contributed by atoms with Crippen molar-refractivity contribution in [2.45, 2.75) is 45.8 Å². The van der Waals surface area contributed by atoms with Gasteiger partial charge in [-0.25, -0.2) is 0 Å². The zero-order valence-electron chi connectivity index (χ0n) is 14.3. The molecule has 1 unspecified atom stereocenters. The molecule has 0 saturated carbocycles. The molecule has 0 amide bonds. The van der Waals surface area contributed by atoms with Gasteiger partial charge in [0, 0.05) is 30.2 Å². The summed E-state index contributed by atoms with van der Waals surface area (Å²) in [7, 11) is 0. The number of ether oxygens (including phenoxy) is 1. The fraction of sp³-hybridized carbons (Fsp3) is 0.611. The van der Waals surface area contributed by atoms with E-state index in [9.17, 15) is 4.79 Å². The molecule has 4 nitrogen and oxygen atoms in total. The van der Waals surface area contributed by atoms with Gasteiger partial charge in [0.15, 0.2) is 0 Å². The van der Waals surface area contributed by atoms with Gasteiger partial charge in [-0.3, -0.25) is 4.79 Å². The zero-order valence-corrected chi connectivity index (χ0v) is 14.3. The Balaban J connectivity index is 2.04. The first-order valence-corrected chi connectivity index (χ1v) is 7.96. The Morgan fingerprint density at radius 1 is 1.32 bits per heavy atom. The largest absolute Gasteiger partial charge is 0.460 e. The molecule has 0 radical (unpaired) electrons.